The zero-order valence-corrected chi connectivity index (χ0v) is 15.9. The Morgan fingerprint density at radius 3 is 2.63 bits per heavy atom. The van der Waals surface area contributed by atoms with E-state index >= 15 is 0 Å². The highest BCUT2D eigenvalue weighted by Crippen LogP contribution is 2.37. The van der Waals surface area contributed by atoms with Crippen LogP contribution in [0, 0.1) is 0 Å². The number of amides is 1. The first kappa shape index (κ1) is 19.6. The monoisotopic (exact) mass is 404 g/mol. The molecule has 1 atom stereocenters. The summed E-state index contributed by atoms with van der Waals surface area (Å²) in [6, 6.07) is 3.06. The molecule has 1 amide bonds. The topological polar surface area (TPSA) is 61.5 Å². The second-order valence-corrected chi connectivity index (χ2v) is 7.79. The van der Waals surface area contributed by atoms with Crippen LogP contribution in [0.1, 0.15) is 20.8 Å². The molecule has 10 heteroatoms. The molecule has 0 spiro atoms. The van der Waals surface area contributed by atoms with Gasteiger partial charge in [-0.2, -0.15) is 18.3 Å². The van der Waals surface area contributed by atoms with Crippen molar-refractivity contribution in [3.8, 4) is 0 Å². The molecule has 1 saturated heterocycles. The third-order valence-electron chi connectivity index (χ3n) is 4.20. The molecular weight excluding hydrogens is 385 g/mol. The van der Waals surface area contributed by atoms with E-state index in [0.717, 1.165) is 9.80 Å². The predicted octanol–water partition coefficient (Wildman–Crippen LogP) is 4.20. The molecule has 148 valence electrons. The number of nitrogens with one attached hydrogen (secondary N) is 1. The van der Waals surface area contributed by atoms with Crippen LogP contribution in [0.3, 0.4) is 0 Å². The molecule has 2 heterocycles. The number of halogens is 4. The van der Waals surface area contributed by atoms with Crippen molar-refractivity contribution in [2.45, 2.75) is 38.6 Å². The van der Waals surface area contributed by atoms with E-state index in [1.54, 1.807) is 39.0 Å². The average molecular weight is 405 g/mol. The molecule has 1 aliphatic heterocycles. The van der Waals surface area contributed by atoms with Crippen molar-refractivity contribution in [2.24, 2.45) is 0 Å². The lowest BCUT2D eigenvalue weighted by molar-refractivity contribution is -0.155. The zero-order chi connectivity index (χ0) is 20.0. The largest absolute Gasteiger partial charge is 0.444 e. The lowest BCUT2D eigenvalue weighted by atomic mass is 10.1. The van der Waals surface area contributed by atoms with Gasteiger partial charge in [-0.3, -0.25) is 5.10 Å². The van der Waals surface area contributed by atoms with Gasteiger partial charge in [0.1, 0.15) is 11.6 Å². The van der Waals surface area contributed by atoms with Crippen molar-refractivity contribution in [1.82, 2.24) is 15.1 Å². The van der Waals surface area contributed by atoms with E-state index in [1.807, 2.05) is 0 Å². The maximum atomic E-state index is 13.8. The number of carbonyl (C=O) groups excluding carboxylic acids is 1. The van der Waals surface area contributed by atoms with Gasteiger partial charge in [-0.1, -0.05) is 17.7 Å². The molecular formula is C17H20ClF3N4O2. The maximum Gasteiger partial charge on any atom is 0.410 e. The van der Waals surface area contributed by atoms with Crippen LogP contribution in [-0.4, -0.2) is 58.6 Å². The standard InChI is InChI=1S/C17H20ClF3N4O2/c1-16(2,3)27-15(26)24-7-8-25(12(9-24)17(19,20)21)14-13-10(18)5-4-6-11(13)22-23-14/h4-6,12H,7-9H2,1-3H3,(H,22,23). The molecule has 6 nitrogen and oxygen atoms in total. The van der Waals surface area contributed by atoms with Crippen LogP contribution in [0.4, 0.5) is 23.8 Å². The number of aromatic nitrogens is 2. The number of ether oxygens (including phenoxy) is 1. The number of benzene rings is 1. The number of carbonyl (C=O) groups is 1. The molecule has 0 aliphatic carbocycles. The second kappa shape index (κ2) is 6.78. The van der Waals surface area contributed by atoms with Crippen molar-refractivity contribution < 1.29 is 22.7 Å². The molecule has 1 aromatic carbocycles. The Labute approximate surface area is 159 Å². The molecule has 0 radical (unpaired) electrons. The Morgan fingerprint density at radius 1 is 1.30 bits per heavy atom. The fourth-order valence-corrected chi connectivity index (χ4v) is 3.29. The average Bonchev–Trinajstić information content (AvgIpc) is 2.97. The summed E-state index contributed by atoms with van der Waals surface area (Å²) in [6.07, 6.45) is -5.32. The van der Waals surface area contributed by atoms with E-state index in [9.17, 15) is 18.0 Å². The minimum atomic E-state index is -4.56. The Morgan fingerprint density at radius 2 is 2.00 bits per heavy atom. The number of nitrogens with zero attached hydrogens (tertiary/aromatic N) is 3. The van der Waals surface area contributed by atoms with Gasteiger partial charge in [-0.25, -0.2) is 4.79 Å². The normalized spacial score (nSPS) is 18.9. The summed E-state index contributed by atoms with van der Waals surface area (Å²) in [5.74, 6) is 0.127. The molecule has 2 aromatic rings. The van der Waals surface area contributed by atoms with E-state index < -0.39 is 30.5 Å². The fourth-order valence-electron chi connectivity index (χ4n) is 3.03. The summed E-state index contributed by atoms with van der Waals surface area (Å²) in [7, 11) is 0. The highest BCUT2D eigenvalue weighted by Gasteiger charge is 2.49. The summed E-state index contributed by atoms with van der Waals surface area (Å²) in [5.41, 5.74) is -0.235. The van der Waals surface area contributed by atoms with Crippen LogP contribution in [0.2, 0.25) is 5.02 Å². The minimum absolute atomic E-state index is 0.0470. The van der Waals surface area contributed by atoms with Crippen LogP contribution in [0.5, 0.6) is 0 Å². The van der Waals surface area contributed by atoms with Crippen LogP contribution < -0.4 is 4.90 Å². The molecule has 0 saturated carbocycles. The zero-order valence-electron chi connectivity index (χ0n) is 15.1. The van der Waals surface area contributed by atoms with Gasteiger partial charge in [-0.05, 0) is 32.9 Å². The Balaban J connectivity index is 1.92. The quantitative estimate of drug-likeness (QED) is 0.773. The number of anilines is 1. The van der Waals surface area contributed by atoms with Crippen molar-refractivity contribution in [1.29, 1.82) is 0 Å². The lowest BCUT2D eigenvalue weighted by Gasteiger charge is -2.42. The molecule has 1 unspecified atom stereocenters. The number of H-pyrrole nitrogens is 1. The van der Waals surface area contributed by atoms with Crippen LogP contribution in [0.15, 0.2) is 18.2 Å². The molecule has 3 rings (SSSR count). The molecule has 0 bridgehead atoms. The fraction of sp³-hybridized carbons (Fsp3) is 0.529. The van der Waals surface area contributed by atoms with E-state index in [1.165, 1.54) is 0 Å². The van der Waals surface area contributed by atoms with Gasteiger partial charge in [0.25, 0.3) is 0 Å². The Hall–Kier alpha value is -2.16. The second-order valence-electron chi connectivity index (χ2n) is 7.39. The first-order valence-corrected chi connectivity index (χ1v) is 8.79. The molecule has 1 aromatic heterocycles. The van der Waals surface area contributed by atoms with E-state index in [0.29, 0.717) is 15.9 Å². The van der Waals surface area contributed by atoms with Crippen molar-refractivity contribution >= 4 is 34.4 Å². The Bertz CT molecular complexity index is 847. The van der Waals surface area contributed by atoms with E-state index in [-0.39, 0.29) is 18.9 Å². The van der Waals surface area contributed by atoms with Crippen molar-refractivity contribution in [2.75, 3.05) is 24.5 Å². The van der Waals surface area contributed by atoms with Gasteiger partial charge < -0.3 is 14.5 Å². The summed E-state index contributed by atoms with van der Waals surface area (Å²) in [4.78, 5) is 14.4. The van der Waals surface area contributed by atoms with Gasteiger partial charge in [0.05, 0.1) is 22.5 Å². The lowest BCUT2D eigenvalue weighted by Crippen LogP contribution is -2.61. The third kappa shape index (κ3) is 4.07. The van der Waals surface area contributed by atoms with Gasteiger partial charge in [0, 0.05) is 13.1 Å². The molecule has 27 heavy (non-hydrogen) atoms. The number of rotatable bonds is 1. The van der Waals surface area contributed by atoms with Crippen molar-refractivity contribution in [3.05, 3.63) is 23.2 Å². The highest BCUT2D eigenvalue weighted by atomic mass is 35.5. The summed E-state index contributed by atoms with van der Waals surface area (Å²) in [6.45, 7) is 4.49. The third-order valence-corrected chi connectivity index (χ3v) is 4.52. The van der Waals surface area contributed by atoms with E-state index in [2.05, 4.69) is 10.2 Å². The van der Waals surface area contributed by atoms with E-state index in [4.69, 9.17) is 16.3 Å². The number of hydrogen-bond acceptors (Lipinski definition) is 4. The SMILES string of the molecule is CC(C)(C)OC(=O)N1CCN(c2n[nH]c3cccc(Cl)c23)C(C(F)(F)F)C1. The van der Waals surface area contributed by atoms with Crippen LogP contribution in [-0.2, 0) is 4.74 Å². The van der Waals surface area contributed by atoms with Gasteiger partial charge in [-0.15, -0.1) is 0 Å². The molecule has 1 N–H and O–H groups in total. The number of piperazine rings is 1. The van der Waals surface area contributed by atoms with Crippen molar-refractivity contribution in [3.63, 3.8) is 0 Å². The maximum absolute atomic E-state index is 13.8. The number of fused-ring (bicyclic) bond motifs is 1. The highest BCUT2D eigenvalue weighted by molar-refractivity contribution is 6.36. The summed E-state index contributed by atoms with van der Waals surface area (Å²) in [5, 5.41) is 7.51. The predicted molar refractivity (Wildman–Crippen MR) is 96.1 cm³/mol. The number of hydrogen-bond donors (Lipinski definition) is 1. The Kier molecular flexibility index (Phi) is 4.92. The number of alkyl halides is 3. The smallest absolute Gasteiger partial charge is 0.410 e. The van der Waals surface area contributed by atoms with Crippen LogP contribution >= 0.6 is 11.6 Å². The van der Waals surface area contributed by atoms with Crippen LogP contribution in [0.25, 0.3) is 10.9 Å². The van der Waals surface area contributed by atoms with Gasteiger partial charge >= 0.3 is 12.3 Å². The molecule has 1 fully saturated rings. The van der Waals surface area contributed by atoms with Gasteiger partial charge in [0.15, 0.2) is 5.82 Å². The van der Waals surface area contributed by atoms with Gasteiger partial charge in [0.2, 0.25) is 0 Å². The first-order valence-electron chi connectivity index (χ1n) is 8.41. The molecule has 1 aliphatic rings. The summed E-state index contributed by atoms with van der Waals surface area (Å²) < 4.78 is 46.5. The minimum Gasteiger partial charge on any atom is -0.444 e. The first-order chi connectivity index (χ1) is 12.5. The number of aromatic amines is 1. The summed E-state index contributed by atoms with van der Waals surface area (Å²) >= 11 is 6.18.